The molecular weight excluding hydrogens is 404 g/mol. The molecule has 8 nitrogen and oxygen atoms in total. The first-order chi connectivity index (χ1) is 15.1. The van der Waals surface area contributed by atoms with Gasteiger partial charge < -0.3 is 24.8 Å². The minimum absolute atomic E-state index is 0.327. The summed E-state index contributed by atoms with van der Waals surface area (Å²) in [5.41, 5.74) is 1.67. The summed E-state index contributed by atoms with van der Waals surface area (Å²) in [5, 5.41) is 6.65. The summed E-state index contributed by atoms with van der Waals surface area (Å²) in [6, 6.07) is 8.15. The topological polar surface area (TPSA) is 83.8 Å². The predicted octanol–water partition coefficient (Wildman–Crippen LogP) is 3.77. The van der Waals surface area contributed by atoms with Gasteiger partial charge in [-0.1, -0.05) is 38.1 Å². The number of aromatic nitrogens is 2. The van der Waals surface area contributed by atoms with E-state index >= 15 is 0 Å². The summed E-state index contributed by atoms with van der Waals surface area (Å²) < 4.78 is 7.56. The molecule has 0 saturated carbocycles. The molecule has 32 heavy (non-hydrogen) atoms. The second-order valence-corrected chi connectivity index (χ2v) is 9.32. The van der Waals surface area contributed by atoms with E-state index in [4.69, 9.17) is 4.74 Å². The molecule has 0 saturated heterocycles. The van der Waals surface area contributed by atoms with Crippen molar-refractivity contribution in [3.8, 4) is 0 Å². The SMILES string of the molecule is CN=C(NCc1ccc(CN(C)C(=O)OC(C)(C)C)cc1)NCc1nccn1CC(C)C. The Balaban J connectivity index is 1.83. The highest BCUT2D eigenvalue weighted by atomic mass is 16.6. The van der Waals surface area contributed by atoms with E-state index < -0.39 is 5.60 Å². The molecule has 1 aromatic heterocycles. The summed E-state index contributed by atoms with van der Waals surface area (Å²) in [7, 11) is 3.50. The zero-order valence-corrected chi connectivity index (χ0v) is 20.5. The standard InChI is InChI=1S/C24H38N6O2/c1-18(2)16-30-13-12-26-21(30)15-28-22(25-6)27-14-19-8-10-20(11-9-19)17-29(7)23(31)32-24(3,4)5/h8-13,18H,14-17H2,1-7H3,(H2,25,27,28). The van der Waals surface area contributed by atoms with Gasteiger partial charge >= 0.3 is 6.09 Å². The van der Waals surface area contributed by atoms with Crippen molar-refractivity contribution in [1.82, 2.24) is 25.1 Å². The van der Waals surface area contributed by atoms with Crippen LogP contribution < -0.4 is 10.6 Å². The number of rotatable bonds is 8. The third-order valence-electron chi connectivity index (χ3n) is 4.61. The van der Waals surface area contributed by atoms with Crippen LogP contribution in [0, 0.1) is 5.92 Å². The van der Waals surface area contributed by atoms with Crippen molar-refractivity contribution in [2.45, 2.75) is 66.4 Å². The smallest absolute Gasteiger partial charge is 0.410 e. The summed E-state index contributed by atoms with van der Waals surface area (Å²) in [4.78, 5) is 22.4. The molecule has 2 aromatic rings. The molecule has 2 N–H and O–H groups in total. The van der Waals surface area contributed by atoms with Crippen LogP contribution in [-0.4, -0.2) is 46.2 Å². The fraction of sp³-hybridized carbons (Fsp3) is 0.542. The minimum atomic E-state index is -0.499. The summed E-state index contributed by atoms with van der Waals surface area (Å²) in [5.74, 6) is 2.27. The van der Waals surface area contributed by atoms with Crippen LogP contribution in [0.5, 0.6) is 0 Å². The van der Waals surface area contributed by atoms with E-state index in [-0.39, 0.29) is 6.09 Å². The lowest BCUT2D eigenvalue weighted by Gasteiger charge is -2.24. The van der Waals surface area contributed by atoms with E-state index in [0.717, 1.165) is 29.5 Å². The van der Waals surface area contributed by atoms with Gasteiger partial charge in [-0.25, -0.2) is 9.78 Å². The lowest BCUT2D eigenvalue weighted by molar-refractivity contribution is 0.0285. The maximum absolute atomic E-state index is 12.1. The highest BCUT2D eigenvalue weighted by Crippen LogP contribution is 2.12. The Hall–Kier alpha value is -3.03. The first kappa shape index (κ1) is 25.2. The van der Waals surface area contributed by atoms with Gasteiger partial charge in [-0.3, -0.25) is 4.99 Å². The molecule has 176 valence electrons. The normalized spacial score (nSPS) is 12.1. The number of hydrogen-bond donors (Lipinski definition) is 2. The van der Waals surface area contributed by atoms with Crippen molar-refractivity contribution < 1.29 is 9.53 Å². The van der Waals surface area contributed by atoms with Crippen molar-refractivity contribution >= 4 is 12.1 Å². The monoisotopic (exact) mass is 442 g/mol. The van der Waals surface area contributed by atoms with Crippen molar-refractivity contribution in [3.05, 3.63) is 53.6 Å². The van der Waals surface area contributed by atoms with E-state index in [0.29, 0.717) is 25.6 Å². The molecule has 1 amide bonds. The Labute approximate surface area is 192 Å². The second kappa shape index (κ2) is 11.5. The minimum Gasteiger partial charge on any atom is -0.444 e. The fourth-order valence-corrected chi connectivity index (χ4v) is 3.08. The van der Waals surface area contributed by atoms with Gasteiger partial charge in [0.1, 0.15) is 11.4 Å². The fourth-order valence-electron chi connectivity index (χ4n) is 3.08. The average molecular weight is 443 g/mol. The quantitative estimate of drug-likeness (QED) is 0.480. The average Bonchev–Trinajstić information content (AvgIpc) is 3.14. The Morgan fingerprint density at radius 3 is 2.38 bits per heavy atom. The molecule has 1 aromatic carbocycles. The molecule has 8 heteroatoms. The molecule has 2 rings (SSSR count). The summed E-state index contributed by atoms with van der Waals surface area (Å²) >= 11 is 0. The lowest BCUT2D eigenvalue weighted by atomic mass is 10.1. The van der Waals surface area contributed by atoms with Gasteiger partial charge in [0.15, 0.2) is 5.96 Å². The molecule has 0 radical (unpaired) electrons. The van der Waals surface area contributed by atoms with Gasteiger partial charge in [0.25, 0.3) is 0 Å². The van der Waals surface area contributed by atoms with E-state index in [1.165, 1.54) is 0 Å². The molecule has 0 unspecified atom stereocenters. The molecule has 0 aliphatic rings. The van der Waals surface area contributed by atoms with Crippen LogP contribution >= 0.6 is 0 Å². The number of carbonyl (C=O) groups is 1. The van der Waals surface area contributed by atoms with Crippen LogP contribution in [0.2, 0.25) is 0 Å². The van der Waals surface area contributed by atoms with Crippen LogP contribution in [-0.2, 0) is 30.9 Å². The highest BCUT2D eigenvalue weighted by Gasteiger charge is 2.19. The number of amides is 1. The van der Waals surface area contributed by atoms with E-state index in [9.17, 15) is 4.79 Å². The molecule has 0 fully saturated rings. The van der Waals surface area contributed by atoms with Crippen LogP contribution in [0.3, 0.4) is 0 Å². The molecular formula is C24H38N6O2. The third kappa shape index (κ3) is 8.61. The number of nitrogens with zero attached hydrogens (tertiary/aromatic N) is 4. The van der Waals surface area contributed by atoms with Crippen molar-refractivity contribution in [2.24, 2.45) is 10.9 Å². The number of imidazole rings is 1. The van der Waals surface area contributed by atoms with Crippen LogP contribution in [0.25, 0.3) is 0 Å². The van der Waals surface area contributed by atoms with Gasteiger partial charge in [-0.15, -0.1) is 0 Å². The van der Waals surface area contributed by atoms with Crippen LogP contribution in [0.1, 0.15) is 51.6 Å². The molecule has 0 spiro atoms. The zero-order valence-electron chi connectivity index (χ0n) is 20.5. The van der Waals surface area contributed by atoms with Crippen molar-refractivity contribution in [2.75, 3.05) is 14.1 Å². The lowest BCUT2D eigenvalue weighted by Crippen LogP contribution is -2.37. The number of aliphatic imine (C=N–C) groups is 1. The third-order valence-corrected chi connectivity index (χ3v) is 4.61. The van der Waals surface area contributed by atoms with Gasteiger partial charge in [-0.2, -0.15) is 0 Å². The van der Waals surface area contributed by atoms with E-state index in [1.54, 1.807) is 19.0 Å². The Bertz CT molecular complexity index is 881. The number of carbonyl (C=O) groups excluding carboxylic acids is 1. The number of benzene rings is 1. The molecule has 0 aliphatic carbocycles. The first-order valence-electron chi connectivity index (χ1n) is 11.0. The van der Waals surface area contributed by atoms with Gasteiger partial charge in [-0.05, 0) is 37.8 Å². The summed E-state index contributed by atoms with van der Waals surface area (Å²) in [6.07, 6.45) is 3.51. The van der Waals surface area contributed by atoms with Gasteiger partial charge in [0.2, 0.25) is 0 Å². The Morgan fingerprint density at radius 1 is 1.16 bits per heavy atom. The molecule has 1 heterocycles. The zero-order chi connectivity index (χ0) is 23.7. The summed E-state index contributed by atoms with van der Waals surface area (Å²) in [6.45, 7) is 12.7. The maximum Gasteiger partial charge on any atom is 0.410 e. The first-order valence-corrected chi connectivity index (χ1v) is 11.0. The maximum atomic E-state index is 12.1. The van der Waals surface area contributed by atoms with Crippen LogP contribution in [0.4, 0.5) is 4.79 Å². The molecule has 0 aliphatic heterocycles. The van der Waals surface area contributed by atoms with Crippen molar-refractivity contribution in [1.29, 1.82) is 0 Å². The Morgan fingerprint density at radius 2 is 1.78 bits per heavy atom. The number of guanidine groups is 1. The van der Waals surface area contributed by atoms with Gasteiger partial charge in [0.05, 0.1) is 6.54 Å². The Kier molecular flexibility index (Phi) is 9.11. The number of hydrogen-bond acceptors (Lipinski definition) is 4. The number of ether oxygens (including phenoxy) is 1. The van der Waals surface area contributed by atoms with Crippen LogP contribution in [0.15, 0.2) is 41.7 Å². The highest BCUT2D eigenvalue weighted by molar-refractivity contribution is 5.79. The largest absolute Gasteiger partial charge is 0.444 e. The number of nitrogens with one attached hydrogen (secondary N) is 2. The molecule has 0 atom stereocenters. The van der Waals surface area contributed by atoms with E-state index in [1.807, 2.05) is 57.4 Å². The van der Waals surface area contributed by atoms with E-state index in [2.05, 4.69) is 39.0 Å². The second-order valence-electron chi connectivity index (χ2n) is 9.32. The predicted molar refractivity (Wildman–Crippen MR) is 128 cm³/mol. The molecule has 0 bridgehead atoms. The van der Waals surface area contributed by atoms with Crippen molar-refractivity contribution in [3.63, 3.8) is 0 Å². The van der Waals surface area contributed by atoms with Gasteiger partial charge in [0, 0.05) is 46.1 Å².